The molecule has 1 fully saturated rings. The second-order valence-corrected chi connectivity index (χ2v) is 6.42. The van der Waals surface area contributed by atoms with Crippen LogP contribution in [0, 0.1) is 6.92 Å². The van der Waals surface area contributed by atoms with Gasteiger partial charge in [-0.25, -0.2) is 0 Å². The SMILES string of the molecule is CC(=O)N1CCN(C(=O)CCn2nccc2C)[C@@H](c2ccccc2)C1. The van der Waals surface area contributed by atoms with E-state index in [4.69, 9.17) is 0 Å². The number of benzene rings is 1. The van der Waals surface area contributed by atoms with Gasteiger partial charge in [0.2, 0.25) is 11.8 Å². The summed E-state index contributed by atoms with van der Waals surface area (Å²) in [6.07, 6.45) is 2.16. The summed E-state index contributed by atoms with van der Waals surface area (Å²) in [4.78, 5) is 28.4. The number of rotatable bonds is 4. The van der Waals surface area contributed by atoms with Gasteiger partial charge in [-0.1, -0.05) is 30.3 Å². The zero-order valence-corrected chi connectivity index (χ0v) is 14.8. The molecule has 2 amide bonds. The number of amides is 2. The second-order valence-electron chi connectivity index (χ2n) is 6.42. The van der Waals surface area contributed by atoms with Gasteiger partial charge in [0.25, 0.3) is 0 Å². The summed E-state index contributed by atoms with van der Waals surface area (Å²) < 4.78 is 1.85. The molecule has 6 nitrogen and oxygen atoms in total. The molecule has 0 radical (unpaired) electrons. The van der Waals surface area contributed by atoms with Crippen LogP contribution in [0.15, 0.2) is 42.6 Å². The standard InChI is InChI=1S/C19H24N4O2/c1-15-8-10-20-23(15)11-9-19(25)22-13-12-21(16(2)24)14-18(22)17-6-4-3-5-7-17/h3-8,10,18H,9,11-14H2,1-2H3/t18-/m1/s1. The highest BCUT2D eigenvalue weighted by atomic mass is 16.2. The summed E-state index contributed by atoms with van der Waals surface area (Å²) >= 11 is 0. The van der Waals surface area contributed by atoms with Gasteiger partial charge in [-0.2, -0.15) is 5.10 Å². The van der Waals surface area contributed by atoms with Crippen LogP contribution in [-0.2, 0) is 16.1 Å². The molecule has 3 rings (SSSR count). The lowest BCUT2D eigenvalue weighted by molar-refractivity contribution is -0.142. The molecule has 2 heterocycles. The summed E-state index contributed by atoms with van der Waals surface area (Å²) in [5.74, 6) is 0.159. The Kier molecular flexibility index (Phi) is 5.16. The van der Waals surface area contributed by atoms with Crippen molar-refractivity contribution in [1.29, 1.82) is 0 Å². The van der Waals surface area contributed by atoms with Crippen molar-refractivity contribution in [2.45, 2.75) is 32.9 Å². The third-order valence-corrected chi connectivity index (χ3v) is 4.80. The topological polar surface area (TPSA) is 58.4 Å². The van der Waals surface area contributed by atoms with E-state index in [1.165, 1.54) is 0 Å². The summed E-state index contributed by atoms with van der Waals surface area (Å²) in [6.45, 7) is 5.84. The molecule has 1 aromatic carbocycles. The maximum atomic E-state index is 12.8. The minimum atomic E-state index is -0.0925. The van der Waals surface area contributed by atoms with E-state index in [1.807, 2.05) is 57.8 Å². The van der Waals surface area contributed by atoms with Gasteiger partial charge in [-0.15, -0.1) is 0 Å². The highest BCUT2D eigenvalue weighted by Crippen LogP contribution is 2.26. The molecule has 0 N–H and O–H groups in total. The predicted octanol–water partition coefficient (Wildman–Crippen LogP) is 2.01. The number of carbonyl (C=O) groups excluding carboxylic acids is 2. The molecule has 0 saturated carbocycles. The van der Waals surface area contributed by atoms with Gasteiger partial charge in [0.1, 0.15) is 0 Å². The smallest absolute Gasteiger partial charge is 0.225 e. The molecule has 1 atom stereocenters. The van der Waals surface area contributed by atoms with E-state index < -0.39 is 0 Å². The fraction of sp³-hybridized carbons (Fsp3) is 0.421. The van der Waals surface area contributed by atoms with Gasteiger partial charge in [0.15, 0.2) is 0 Å². The number of hydrogen-bond donors (Lipinski definition) is 0. The molecule has 132 valence electrons. The van der Waals surface area contributed by atoms with Gasteiger partial charge in [0.05, 0.1) is 6.04 Å². The van der Waals surface area contributed by atoms with Crippen LogP contribution in [0.4, 0.5) is 0 Å². The van der Waals surface area contributed by atoms with Crippen molar-refractivity contribution >= 4 is 11.8 Å². The van der Waals surface area contributed by atoms with E-state index in [2.05, 4.69) is 5.10 Å². The Morgan fingerprint density at radius 2 is 1.92 bits per heavy atom. The molecule has 2 aromatic rings. The van der Waals surface area contributed by atoms with Crippen LogP contribution in [0.25, 0.3) is 0 Å². The fourth-order valence-corrected chi connectivity index (χ4v) is 3.31. The largest absolute Gasteiger partial charge is 0.339 e. The first-order valence-corrected chi connectivity index (χ1v) is 8.64. The van der Waals surface area contributed by atoms with Crippen LogP contribution in [0.1, 0.15) is 30.6 Å². The molecule has 1 aromatic heterocycles. The molecular formula is C19H24N4O2. The first-order valence-electron chi connectivity index (χ1n) is 8.64. The minimum Gasteiger partial charge on any atom is -0.339 e. The van der Waals surface area contributed by atoms with Crippen molar-refractivity contribution in [2.75, 3.05) is 19.6 Å². The van der Waals surface area contributed by atoms with E-state index in [1.54, 1.807) is 13.1 Å². The number of carbonyl (C=O) groups is 2. The maximum Gasteiger partial charge on any atom is 0.225 e. The third-order valence-electron chi connectivity index (χ3n) is 4.80. The summed E-state index contributed by atoms with van der Waals surface area (Å²) in [5, 5.41) is 4.24. The first-order chi connectivity index (χ1) is 12.1. The average molecular weight is 340 g/mol. The van der Waals surface area contributed by atoms with Gasteiger partial charge in [0, 0.05) is 51.4 Å². The van der Waals surface area contributed by atoms with Gasteiger partial charge in [-0.3, -0.25) is 14.3 Å². The molecule has 1 saturated heterocycles. The Hall–Kier alpha value is -2.63. The Labute approximate surface area is 148 Å². The first kappa shape index (κ1) is 17.2. The number of aryl methyl sites for hydroxylation is 2. The normalized spacial score (nSPS) is 17.6. The summed E-state index contributed by atoms with van der Waals surface area (Å²) in [5.41, 5.74) is 2.12. The Morgan fingerprint density at radius 1 is 1.16 bits per heavy atom. The van der Waals surface area contributed by atoms with Crippen LogP contribution >= 0.6 is 0 Å². The van der Waals surface area contributed by atoms with Crippen molar-refractivity contribution < 1.29 is 9.59 Å². The fourth-order valence-electron chi connectivity index (χ4n) is 3.31. The van der Waals surface area contributed by atoms with E-state index in [-0.39, 0.29) is 17.9 Å². The zero-order valence-electron chi connectivity index (χ0n) is 14.8. The lowest BCUT2D eigenvalue weighted by Crippen LogP contribution is -2.52. The second kappa shape index (κ2) is 7.51. The van der Waals surface area contributed by atoms with E-state index in [0.717, 1.165) is 11.3 Å². The lowest BCUT2D eigenvalue weighted by atomic mass is 10.0. The molecular weight excluding hydrogens is 316 g/mol. The van der Waals surface area contributed by atoms with Crippen LogP contribution < -0.4 is 0 Å². The monoisotopic (exact) mass is 340 g/mol. The van der Waals surface area contributed by atoms with Crippen LogP contribution in [0.5, 0.6) is 0 Å². The molecule has 0 bridgehead atoms. The molecule has 1 aliphatic heterocycles. The van der Waals surface area contributed by atoms with E-state index in [9.17, 15) is 9.59 Å². The average Bonchev–Trinajstić information content (AvgIpc) is 3.04. The van der Waals surface area contributed by atoms with Crippen molar-refractivity contribution in [3.05, 3.63) is 53.9 Å². The summed E-state index contributed by atoms with van der Waals surface area (Å²) in [7, 11) is 0. The maximum absolute atomic E-state index is 12.8. The van der Waals surface area contributed by atoms with Crippen LogP contribution in [-0.4, -0.2) is 51.0 Å². The predicted molar refractivity (Wildman–Crippen MR) is 94.7 cm³/mol. The highest BCUT2D eigenvalue weighted by molar-refractivity contribution is 5.78. The molecule has 25 heavy (non-hydrogen) atoms. The van der Waals surface area contributed by atoms with E-state index >= 15 is 0 Å². The summed E-state index contributed by atoms with van der Waals surface area (Å²) in [6, 6.07) is 11.8. The van der Waals surface area contributed by atoms with Crippen molar-refractivity contribution in [2.24, 2.45) is 0 Å². The minimum absolute atomic E-state index is 0.0557. The van der Waals surface area contributed by atoms with Crippen LogP contribution in [0.3, 0.4) is 0 Å². The van der Waals surface area contributed by atoms with Gasteiger partial charge >= 0.3 is 0 Å². The Balaban J connectivity index is 1.74. The van der Waals surface area contributed by atoms with Crippen molar-refractivity contribution in [1.82, 2.24) is 19.6 Å². The number of hydrogen-bond acceptors (Lipinski definition) is 3. The van der Waals surface area contributed by atoms with Crippen molar-refractivity contribution in [3.63, 3.8) is 0 Å². The van der Waals surface area contributed by atoms with Crippen LogP contribution in [0.2, 0.25) is 0 Å². The Bertz CT molecular complexity index is 741. The number of aromatic nitrogens is 2. The molecule has 6 heteroatoms. The molecule has 0 spiro atoms. The Morgan fingerprint density at radius 3 is 2.56 bits per heavy atom. The molecule has 0 unspecified atom stereocenters. The van der Waals surface area contributed by atoms with Gasteiger partial charge in [-0.05, 0) is 18.6 Å². The van der Waals surface area contributed by atoms with Crippen molar-refractivity contribution in [3.8, 4) is 0 Å². The quantitative estimate of drug-likeness (QED) is 0.855. The third kappa shape index (κ3) is 3.90. The van der Waals surface area contributed by atoms with Gasteiger partial charge < -0.3 is 9.80 Å². The zero-order chi connectivity index (χ0) is 17.8. The van der Waals surface area contributed by atoms with E-state index in [0.29, 0.717) is 32.6 Å². The molecule has 0 aliphatic carbocycles. The highest BCUT2D eigenvalue weighted by Gasteiger charge is 2.32. The number of nitrogens with zero attached hydrogens (tertiary/aromatic N) is 4. The molecule has 1 aliphatic rings. The number of piperazine rings is 1. The lowest BCUT2D eigenvalue weighted by Gasteiger charge is -2.41.